The van der Waals surface area contributed by atoms with E-state index in [4.69, 9.17) is 9.47 Å². The summed E-state index contributed by atoms with van der Waals surface area (Å²) >= 11 is -0.0119. The van der Waals surface area contributed by atoms with Crippen LogP contribution >= 0.6 is 11.3 Å². The Bertz CT molecular complexity index is 1030. The number of rotatable bonds is 9. The van der Waals surface area contributed by atoms with Gasteiger partial charge in [0.2, 0.25) is 5.91 Å². The van der Waals surface area contributed by atoms with Crippen molar-refractivity contribution in [2.45, 2.75) is 19.3 Å². The van der Waals surface area contributed by atoms with Crippen LogP contribution in [-0.2, 0) is 16.2 Å². The number of nitrogens with zero attached hydrogens (tertiary/aromatic N) is 4. The minimum absolute atomic E-state index is 0.0322. The highest BCUT2D eigenvalue weighted by molar-refractivity contribution is 7.92. The maximum atomic E-state index is 12.8. The number of hydrogen-bond donors (Lipinski definition) is 1. The van der Waals surface area contributed by atoms with E-state index >= 15 is 0 Å². The van der Waals surface area contributed by atoms with Gasteiger partial charge in [-0.15, -0.1) is 21.5 Å². The largest absolute Gasteiger partial charge is 0.593 e. The van der Waals surface area contributed by atoms with Crippen molar-refractivity contribution in [3.05, 3.63) is 35.7 Å². The van der Waals surface area contributed by atoms with Crippen LogP contribution in [0.4, 0.5) is 5.95 Å². The van der Waals surface area contributed by atoms with Gasteiger partial charge in [-0.25, -0.2) is 0 Å². The summed E-state index contributed by atoms with van der Waals surface area (Å²) in [5.41, 5.74) is 0.596. The Morgan fingerprint density at radius 1 is 1.16 bits per heavy atom. The molecule has 0 aliphatic carbocycles. The quantitative estimate of drug-likeness (QED) is 0.474. The summed E-state index contributed by atoms with van der Waals surface area (Å²) in [6.07, 6.45) is 2.27. The molecule has 32 heavy (non-hydrogen) atoms. The third-order valence-electron chi connectivity index (χ3n) is 5.20. The van der Waals surface area contributed by atoms with Gasteiger partial charge in [0.25, 0.3) is 5.95 Å². The van der Waals surface area contributed by atoms with Gasteiger partial charge in [0.05, 0.1) is 36.9 Å². The Kier molecular flexibility index (Phi) is 7.18. The number of para-hydroxylation sites is 1. The fraction of sp³-hybridized carbons (Fsp3) is 0.381. The topological polar surface area (TPSA) is 105 Å². The van der Waals surface area contributed by atoms with Gasteiger partial charge in [-0.3, -0.25) is 9.36 Å². The molecular weight excluding hydrogens is 450 g/mol. The average molecular weight is 476 g/mol. The van der Waals surface area contributed by atoms with Gasteiger partial charge in [0.1, 0.15) is 22.9 Å². The summed E-state index contributed by atoms with van der Waals surface area (Å²) in [7, 11) is 3.14. The molecule has 1 saturated heterocycles. The predicted molar refractivity (Wildman–Crippen MR) is 125 cm³/mol. The Morgan fingerprint density at radius 2 is 1.88 bits per heavy atom. The van der Waals surface area contributed by atoms with E-state index in [1.807, 2.05) is 40.6 Å². The molecular formula is C21H25N5O4S2. The highest BCUT2D eigenvalue weighted by Gasteiger charge is 2.26. The third-order valence-corrected chi connectivity index (χ3v) is 7.05. The molecule has 1 fully saturated rings. The van der Waals surface area contributed by atoms with Crippen molar-refractivity contribution in [1.29, 1.82) is 0 Å². The zero-order valence-corrected chi connectivity index (χ0v) is 19.6. The molecule has 0 saturated carbocycles. The van der Waals surface area contributed by atoms with Crippen molar-refractivity contribution < 1.29 is 18.8 Å². The molecule has 170 valence electrons. The maximum Gasteiger partial charge on any atom is 0.271 e. The molecule has 1 aliphatic rings. The number of amides is 1. The maximum absolute atomic E-state index is 12.8. The summed E-state index contributed by atoms with van der Waals surface area (Å²) < 4.78 is 28.6. The van der Waals surface area contributed by atoms with Crippen molar-refractivity contribution in [3.63, 3.8) is 0 Å². The number of nitrogens with one attached hydrogen (secondary N) is 1. The van der Waals surface area contributed by atoms with E-state index in [-0.39, 0.29) is 24.0 Å². The SMILES string of the molecule is COc1cccc(OC)c1-n1c(N[S+]([O-])CCC(=O)N2CCCC2)nnc1-c1cccs1. The molecule has 1 N–H and O–H groups in total. The molecule has 1 aromatic carbocycles. The molecule has 1 unspecified atom stereocenters. The minimum Gasteiger partial charge on any atom is -0.593 e. The van der Waals surface area contributed by atoms with E-state index in [0.29, 0.717) is 23.0 Å². The fourth-order valence-corrected chi connectivity index (χ4v) is 5.13. The number of carbonyl (C=O) groups is 1. The molecule has 1 aliphatic heterocycles. The smallest absolute Gasteiger partial charge is 0.271 e. The second kappa shape index (κ2) is 10.2. The zero-order valence-electron chi connectivity index (χ0n) is 17.9. The van der Waals surface area contributed by atoms with Crippen molar-refractivity contribution >= 4 is 34.6 Å². The number of thiophene rings is 1. The van der Waals surface area contributed by atoms with Gasteiger partial charge in [-0.1, -0.05) is 12.1 Å². The van der Waals surface area contributed by atoms with E-state index < -0.39 is 11.4 Å². The van der Waals surface area contributed by atoms with Crippen LogP contribution < -0.4 is 14.2 Å². The first kappa shape index (κ1) is 22.4. The first-order valence-corrected chi connectivity index (χ1v) is 12.5. The molecule has 3 heterocycles. The Balaban J connectivity index is 1.63. The summed E-state index contributed by atoms with van der Waals surface area (Å²) in [5.74, 6) is 2.17. The molecule has 4 rings (SSSR count). The lowest BCUT2D eigenvalue weighted by Gasteiger charge is -2.18. The second-order valence-electron chi connectivity index (χ2n) is 7.16. The van der Waals surface area contributed by atoms with E-state index in [1.165, 1.54) is 11.3 Å². The third kappa shape index (κ3) is 4.69. The van der Waals surface area contributed by atoms with Crippen LogP contribution in [0.15, 0.2) is 35.7 Å². The molecule has 0 spiro atoms. The molecule has 9 nitrogen and oxygen atoms in total. The van der Waals surface area contributed by atoms with Crippen LogP contribution in [0.1, 0.15) is 19.3 Å². The van der Waals surface area contributed by atoms with Crippen LogP contribution in [-0.4, -0.2) is 63.2 Å². The summed E-state index contributed by atoms with van der Waals surface area (Å²) in [6, 6.07) is 9.30. The van der Waals surface area contributed by atoms with Gasteiger partial charge in [0.15, 0.2) is 5.82 Å². The lowest BCUT2D eigenvalue weighted by molar-refractivity contribution is -0.129. The van der Waals surface area contributed by atoms with Gasteiger partial charge in [0, 0.05) is 13.1 Å². The van der Waals surface area contributed by atoms with Crippen molar-refractivity contribution in [3.8, 4) is 27.9 Å². The first-order valence-electron chi connectivity index (χ1n) is 10.3. The first-order chi connectivity index (χ1) is 15.6. The Morgan fingerprint density at radius 3 is 2.50 bits per heavy atom. The Hall–Kier alpha value is -2.76. The van der Waals surface area contributed by atoms with E-state index in [0.717, 1.165) is 30.8 Å². The summed E-state index contributed by atoms with van der Waals surface area (Å²) in [5, 5.41) is 10.5. The van der Waals surface area contributed by atoms with Crippen molar-refractivity contribution in [1.82, 2.24) is 19.7 Å². The summed E-state index contributed by atoms with van der Waals surface area (Å²) in [6.45, 7) is 1.57. The molecule has 3 aromatic rings. The lowest BCUT2D eigenvalue weighted by Crippen LogP contribution is -2.30. The minimum atomic E-state index is -1.53. The predicted octanol–water partition coefficient (Wildman–Crippen LogP) is 3.10. The number of likely N-dealkylation sites (tertiary alicyclic amines) is 1. The zero-order chi connectivity index (χ0) is 22.5. The van der Waals surface area contributed by atoms with Crippen LogP contribution in [0.25, 0.3) is 16.4 Å². The highest BCUT2D eigenvalue weighted by Crippen LogP contribution is 2.38. The van der Waals surface area contributed by atoms with Gasteiger partial charge in [-0.05, 0) is 36.4 Å². The number of aromatic nitrogens is 3. The standard InChI is InChI=1S/C21H25N5O4S2/c1-29-15-7-5-8-16(30-2)19(15)26-20(17-9-6-13-31-17)22-23-21(26)24-32(28)14-10-18(27)25-11-3-4-12-25/h5-9,13H,3-4,10-12,14H2,1-2H3,(H,23,24). The van der Waals surface area contributed by atoms with Crippen LogP contribution in [0.5, 0.6) is 11.5 Å². The number of hydrogen-bond acceptors (Lipinski definition) is 8. The molecule has 1 atom stereocenters. The van der Waals surface area contributed by atoms with Crippen LogP contribution in [0.2, 0.25) is 0 Å². The van der Waals surface area contributed by atoms with E-state index in [1.54, 1.807) is 18.8 Å². The molecule has 11 heteroatoms. The number of carbonyl (C=O) groups excluding carboxylic acids is 1. The normalized spacial score (nSPS) is 14.4. The van der Waals surface area contributed by atoms with Crippen molar-refractivity contribution in [2.24, 2.45) is 0 Å². The number of anilines is 1. The second-order valence-corrected chi connectivity index (χ2v) is 9.41. The van der Waals surface area contributed by atoms with Gasteiger partial charge < -0.3 is 18.9 Å². The van der Waals surface area contributed by atoms with Crippen LogP contribution in [0, 0.1) is 0 Å². The average Bonchev–Trinajstić information content (AvgIpc) is 3.58. The molecule has 2 aromatic heterocycles. The summed E-state index contributed by atoms with van der Waals surface area (Å²) in [4.78, 5) is 15.0. The van der Waals surface area contributed by atoms with Crippen LogP contribution in [0.3, 0.4) is 0 Å². The Labute approximate surface area is 193 Å². The monoisotopic (exact) mass is 475 g/mol. The molecule has 0 radical (unpaired) electrons. The number of methoxy groups -OCH3 is 2. The molecule has 0 bridgehead atoms. The lowest BCUT2D eigenvalue weighted by atomic mass is 10.2. The van der Waals surface area contributed by atoms with Gasteiger partial charge >= 0.3 is 0 Å². The number of benzene rings is 1. The van der Waals surface area contributed by atoms with E-state index in [9.17, 15) is 9.35 Å². The number of ether oxygens (including phenoxy) is 2. The van der Waals surface area contributed by atoms with Crippen molar-refractivity contribution in [2.75, 3.05) is 37.8 Å². The fourth-order valence-electron chi connectivity index (χ4n) is 3.64. The van der Waals surface area contributed by atoms with Gasteiger partial charge in [-0.2, -0.15) is 4.72 Å². The highest BCUT2D eigenvalue weighted by atomic mass is 32.2. The molecule has 1 amide bonds. The van der Waals surface area contributed by atoms with E-state index in [2.05, 4.69) is 14.9 Å².